The predicted octanol–water partition coefficient (Wildman–Crippen LogP) is 9.75. The molecule has 1 rings (SSSR count). The van der Waals surface area contributed by atoms with Crippen molar-refractivity contribution in [1.82, 2.24) is 0 Å². The van der Waals surface area contributed by atoms with Gasteiger partial charge < -0.3 is 14.0 Å². The van der Waals surface area contributed by atoms with Gasteiger partial charge in [0.05, 0.1) is 18.1 Å². The number of aliphatic carboxylic acids is 1. The van der Waals surface area contributed by atoms with Crippen LogP contribution in [0.25, 0.3) is 0 Å². The van der Waals surface area contributed by atoms with Crippen LogP contribution in [0.4, 0.5) is 0 Å². The van der Waals surface area contributed by atoms with Crippen molar-refractivity contribution >= 4 is 44.3 Å². The summed E-state index contributed by atoms with van der Waals surface area (Å²) < 4.78 is 14.8. The summed E-state index contributed by atoms with van der Waals surface area (Å²) in [6.45, 7) is 28.3. The highest BCUT2D eigenvalue weighted by Gasteiger charge is 2.47. The van der Waals surface area contributed by atoms with Gasteiger partial charge in [0, 0.05) is 24.7 Å². The van der Waals surface area contributed by atoms with Gasteiger partial charge in [0.25, 0.3) is 0 Å². The number of halogens is 1. The summed E-state index contributed by atoms with van der Waals surface area (Å²) in [5, 5.41) is 9.33. The molecule has 240 valence electrons. The average Bonchev–Trinajstić information content (AvgIpc) is 3.11. The fourth-order valence-corrected chi connectivity index (χ4v) is 7.80. The topological polar surface area (TPSA) is 72.8 Å². The first-order valence-electron chi connectivity index (χ1n) is 15.6. The molecular formula is C34H59BrO5Si2. The van der Waals surface area contributed by atoms with Gasteiger partial charge >= 0.3 is 5.97 Å². The Morgan fingerprint density at radius 1 is 1.10 bits per heavy atom. The van der Waals surface area contributed by atoms with E-state index in [1.165, 1.54) is 0 Å². The Kier molecular flexibility index (Phi) is 14.7. The molecule has 1 aliphatic rings. The Morgan fingerprint density at radius 2 is 1.67 bits per heavy atom. The maximum absolute atomic E-state index is 13.6. The number of carbonyl (C=O) groups is 2. The Morgan fingerprint density at radius 3 is 2.17 bits per heavy atom. The molecule has 0 aliphatic heterocycles. The molecule has 0 aromatic rings. The van der Waals surface area contributed by atoms with Gasteiger partial charge in [-0.1, -0.05) is 89.5 Å². The molecule has 0 amide bonds. The van der Waals surface area contributed by atoms with Crippen LogP contribution in [0.5, 0.6) is 0 Å². The van der Waals surface area contributed by atoms with Gasteiger partial charge in [-0.25, -0.2) is 0 Å². The normalized spacial score (nSPS) is 23.0. The van der Waals surface area contributed by atoms with Crippen LogP contribution in [0.1, 0.15) is 94.4 Å². The van der Waals surface area contributed by atoms with Crippen molar-refractivity contribution < 1.29 is 23.5 Å². The summed E-state index contributed by atoms with van der Waals surface area (Å²) in [5.74, 6) is 5.25. The third-order valence-corrected chi connectivity index (χ3v) is 19.3. The molecule has 42 heavy (non-hydrogen) atoms. The number of Topliss-reactive ketones (excluding diaryl/α,β-unsaturated/α-hetero) is 1. The molecule has 1 saturated carbocycles. The van der Waals surface area contributed by atoms with Crippen LogP contribution in [0.15, 0.2) is 22.7 Å². The van der Waals surface area contributed by atoms with Crippen molar-refractivity contribution in [3.8, 4) is 11.8 Å². The number of carboxylic acid groups (broad SMARTS) is 1. The highest BCUT2D eigenvalue weighted by molar-refractivity contribution is 9.11. The Hall–Kier alpha value is -0.986. The standard InChI is InChI=1S/C34H59BrO5Si2/c1-14-15-17-24(2)30(39-41(10,11)33(4,5)6)21-20-27-28(22-26(35)19-16-18-25(3)32(37)38)29(36)23-31(27)40-42(12,13)34(7,8)9/h19-21,24-25,27-28,30-31H,16-18,22-23H2,1-13H3,(H,37,38)/b21-20+,26-19?/t24-,25?,27+,28+,30+,31+/m0/s1. The minimum atomic E-state index is -2.12. The first-order valence-corrected chi connectivity index (χ1v) is 22.2. The lowest BCUT2D eigenvalue weighted by Gasteiger charge is -2.40. The van der Waals surface area contributed by atoms with Gasteiger partial charge in [0.1, 0.15) is 5.78 Å². The van der Waals surface area contributed by atoms with Gasteiger partial charge in [-0.05, 0) is 72.9 Å². The second kappa shape index (κ2) is 15.8. The third-order valence-electron chi connectivity index (χ3n) is 9.69. The zero-order chi connectivity index (χ0) is 32.7. The van der Waals surface area contributed by atoms with E-state index < -0.39 is 28.5 Å². The number of rotatable bonds is 14. The quantitative estimate of drug-likeness (QED) is 0.112. The average molecular weight is 684 g/mol. The molecule has 6 atom stereocenters. The van der Waals surface area contributed by atoms with Crippen molar-refractivity contribution in [1.29, 1.82) is 0 Å². The first kappa shape index (κ1) is 39.0. The highest BCUT2D eigenvalue weighted by Crippen LogP contribution is 2.44. The highest BCUT2D eigenvalue weighted by atomic mass is 79.9. The molecule has 1 unspecified atom stereocenters. The largest absolute Gasteiger partial charge is 0.481 e. The minimum absolute atomic E-state index is 0.0328. The number of hydrogen-bond acceptors (Lipinski definition) is 4. The molecule has 0 radical (unpaired) electrons. The molecule has 5 nitrogen and oxygen atoms in total. The second-order valence-electron chi connectivity index (χ2n) is 15.3. The molecule has 1 N–H and O–H groups in total. The summed E-state index contributed by atoms with van der Waals surface area (Å²) >= 11 is 3.71. The SMILES string of the molecule is CC#CC[C@H](C)[C@@H](/C=C/[C@H]1[C@H](O[Si](C)(C)C(C)(C)C)CC(=O)[C@@H]1CC(Br)=CCCC(C)C(=O)O)O[Si](C)(C)C(C)(C)C. The van der Waals surface area contributed by atoms with Crippen molar-refractivity contribution in [3.05, 3.63) is 22.7 Å². The second-order valence-corrected chi connectivity index (χ2v) is 25.8. The van der Waals surface area contributed by atoms with Gasteiger partial charge in [-0.15, -0.1) is 11.8 Å². The molecule has 8 heteroatoms. The Bertz CT molecular complexity index is 1040. The number of ketones is 1. The monoisotopic (exact) mass is 682 g/mol. The zero-order valence-corrected chi connectivity index (χ0v) is 32.3. The molecule has 0 spiro atoms. The van der Waals surface area contributed by atoms with Gasteiger partial charge in [-0.2, -0.15) is 0 Å². The van der Waals surface area contributed by atoms with Gasteiger partial charge in [0.2, 0.25) is 0 Å². The van der Waals surface area contributed by atoms with E-state index >= 15 is 0 Å². The summed E-state index contributed by atoms with van der Waals surface area (Å²) in [6.07, 6.45) is 9.13. The number of carbonyl (C=O) groups excluding carboxylic acids is 1. The molecule has 0 saturated heterocycles. The zero-order valence-electron chi connectivity index (χ0n) is 28.7. The van der Waals surface area contributed by atoms with Crippen LogP contribution in [-0.4, -0.2) is 45.7 Å². The smallest absolute Gasteiger partial charge is 0.306 e. The number of allylic oxidation sites excluding steroid dienone is 2. The molecular weight excluding hydrogens is 624 g/mol. The van der Waals surface area contributed by atoms with E-state index in [0.29, 0.717) is 25.7 Å². The van der Waals surface area contributed by atoms with Crippen molar-refractivity contribution in [2.75, 3.05) is 0 Å². The van der Waals surface area contributed by atoms with Gasteiger partial charge in [-0.3, -0.25) is 9.59 Å². The molecule has 1 aliphatic carbocycles. The fraction of sp³-hybridized carbons (Fsp3) is 0.765. The number of hydrogen-bond donors (Lipinski definition) is 1. The van der Waals surface area contributed by atoms with Crippen molar-refractivity contribution in [2.24, 2.45) is 23.7 Å². The Balaban J connectivity index is 3.44. The summed E-state index contributed by atoms with van der Waals surface area (Å²) in [6, 6.07) is 0. The first-order chi connectivity index (χ1) is 19.0. The lowest BCUT2D eigenvalue weighted by atomic mass is 9.89. The molecule has 0 aromatic heterocycles. The van der Waals surface area contributed by atoms with E-state index in [2.05, 4.69) is 115 Å². The number of carboxylic acids is 1. The van der Waals surface area contributed by atoms with E-state index in [1.807, 2.05) is 13.0 Å². The van der Waals surface area contributed by atoms with E-state index in [0.717, 1.165) is 10.9 Å². The van der Waals surface area contributed by atoms with E-state index in [-0.39, 0.29) is 45.8 Å². The maximum atomic E-state index is 13.6. The van der Waals surface area contributed by atoms with Crippen LogP contribution in [0.2, 0.25) is 36.3 Å². The summed E-state index contributed by atoms with van der Waals surface area (Å²) in [5.41, 5.74) is 0. The third kappa shape index (κ3) is 11.5. The van der Waals surface area contributed by atoms with E-state index in [1.54, 1.807) is 6.92 Å². The lowest BCUT2D eigenvalue weighted by Crippen LogP contribution is -2.45. The predicted molar refractivity (Wildman–Crippen MR) is 185 cm³/mol. The van der Waals surface area contributed by atoms with Gasteiger partial charge in [0.15, 0.2) is 16.6 Å². The molecule has 0 bridgehead atoms. The summed E-state index contributed by atoms with van der Waals surface area (Å²) in [4.78, 5) is 24.8. The fourth-order valence-electron chi connectivity index (χ4n) is 4.53. The lowest BCUT2D eigenvalue weighted by molar-refractivity contribution is -0.141. The molecule has 0 aromatic carbocycles. The molecule has 0 heterocycles. The minimum Gasteiger partial charge on any atom is -0.481 e. The van der Waals surface area contributed by atoms with Crippen molar-refractivity contribution in [2.45, 2.75) is 143 Å². The van der Waals surface area contributed by atoms with Crippen molar-refractivity contribution in [3.63, 3.8) is 0 Å². The van der Waals surface area contributed by atoms with Crippen LogP contribution in [0, 0.1) is 35.5 Å². The van der Waals surface area contributed by atoms with Crippen LogP contribution in [0.3, 0.4) is 0 Å². The van der Waals surface area contributed by atoms with E-state index in [4.69, 9.17) is 8.85 Å². The van der Waals surface area contributed by atoms with Crippen LogP contribution < -0.4 is 0 Å². The molecule has 1 fully saturated rings. The van der Waals surface area contributed by atoms with Crippen LogP contribution in [-0.2, 0) is 18.4 Å². The Labute approximate surface area is 268 Å². The van der Waals surface area contributed by atoms with E-state index in [9.17, 15) is 14.7 Å². The maximum Gasteiger partial charge on any atom is 0.306 e. The summed E-state index contributed by atoms with van der Waals surface area (Å²) in [7, 11) is -4.19. The van der Waals surface area contributed by atoms with Crippen LogP contribution >= 0.6 is 15.9 Å².